The molecule has 4 nitrogen and oxygen atoms in total. The van der Waals surface area contributed by atoms with Crippen LogP contribution in [0.2, 0.25) is 0 Å². The number of nitro benzene ring substituents is 1. The van der Waals surface area contributed by atoms with Crippen molar-refractivity contribution in [3.63, 3.8) is 0 Å². The van der Waals surface area contributed by atoms with Crippen molar-refractivity contribution in [3.05, 3.63) is 33.9 Å². The zero-order valence-corrected chi connectivity index (χ0v) is 11.6. The standard InChI is InChI=1S/C14H17F3N2O2/c1-9-6-7-10(19(20)21)8-13(9)18-12-5-3-2-4-11(12)14(15,16)17/h6-8,11-12,18H,2-5H2,1H3. The normalized spacial score (nSPS) is 22.9. The highest BCUT2D eigenvalue weighted by atomic mass is 19.4. The summed E-state index contributed by atoms with van der Waals surface area (Å²) in [5, 5.41) is 13.7. The molecule has 116 valence electrons. The van der Waals surface area contributed by atoms with Crippen molar-refractivity contribution >= 4 is 11.4 Å². The maximum atomic E-state index is 13.1. The summed E-state index contributed by atoms with van der Waals surface area (Å²) in [5.41, 5.74) is 0.986. The van der Waals surface area contributed by atoms with Crippen LogP contribution in [-0.2, 0) is 0 Å². The van der Waals surface area contributed by atoms with Gasteiger partial charge in [-0.15, -0.1) is 0 Å². The van der Waals surface area contributed by atoms with Gasteiger partial charge in [-0.1, -0.05) is 18.9 Å². The third-order valence-electron chi connectivity index (χ3n) is 3.96. The van der Waals surface area contributed by atoms with Gasteiger partial charge in [-0.2, -0.15) is 13.2 Å². The van der Waals surface area contributed by atoms with Gasteiger partial charge in [-0.25, -0.2) is 0 Å². The van der Waals surface area contributed by atoms with Crippen molar-refractivity contribution in [1.82, 2.24) is 0 Å². The lowest BCUT2D eigenvalue weighted by molar-refractivity contribution is -0.384. The van der Waals surface area contributed by atoms with Gasteiger partial charge in [0.15, 0.2) is 0 Å². The smallest absolute Gasteiger partial charge is 0.381 e. The number of non-ortho nitro benzene ring substituents is 1. The van der Waals surface area contributed by atoms with Gasteiger partial charge < -0.3 is 5.32 Å². The second-order valence-electron chi connectivity index (χ2n) is 5.44. The van der Waals surface area contributed by atoms with E-state index in [1.807, 2.05) is 0 Å². The fourth-order valence-corrected chi connectivity index (χ4v) is 2.77. The van der Waals surface area contributed by atoms with Crippen molar-refractivity contribution in [2.24, 2.45) is 5.92 Å². The summed E-state index contributed by atoms with van der Waals surface area (Å²) >= 11 is 0. The highest BCUT2D eigenvalue weighted by Crippen LogP contribution is 2.39. The first-order valence-corrected chi connectivity index (χ1v) is 6.87. The lowest BCUT2D eigenvalue weighted by atomic mass is 9.83. The predicted molar refractivity (Wildman–Crippen MR) is 73.3 cm³/mol. The largest absolute Gasteiger partial charge is 0.393 e. The molecule has 1 N–H and O–H groups in total. The molecule has 1 saturated carbocycles. The second-order valence-corrected chi connectivity index (χ2v) is 5.44. The van der Waals surface area contributed by atoms with E-state index >= 15 is 0 Å². The van der Waals surface area contributed by atoms with Crippen LogP contribution >= 0.6 is 0 Å². The van der Waals surface area contributed by atoms with E-state index in [0.717, 1.165) is 6.42 Å². The zero-order valence-electron chi connectivity index (χ0n) is 11.6. The van der Waals surface area contributed by atoms with Crippen LogP contribution in [0.5, 0.6) is 0 Å². The Labute approximate surface area is 120 Å². The van der Waals surface area contributed by atoms with Crippen LogP contribution in [0.3, 0.4) is 0 Å². The molecule has 1 aromatic carbocycles. The molecular weight excluding hydrogens is 285 g/mol. The van der Waals surface area contributed by atoms with E-state index in [4.69, 9.17) is 0 Å². The van der Waals surface area contributed by atoms with Gasteiger partial charge in [0.05, 0.1) is 10.8 Å². The van der Waals surface area contributed by atoms with E-state index < -0.39 is 23.1 Å². The minimum atomic E-state index is -4.24. The van der Waals surface area contributed by atoms with E-state index in [-0.39, 0.29) is 12.1 Å². The monoisotopic (exact) mass is 302 g/mol. The number of alkyl halides is 3. The Kier molecular flexibility index (Phi) is 4.39. The number of hydrogen-bond acceptors (Lipinski definition) is 3. The third-order valence-corrected chi connectivity index (χ3v) is 3.96. The molecule has 1 fully saturated rings. The van der Waals surface area contributed by atoms with Gasteiger partial charge in [0.1, 0.15) is 0 Å². The summed E-state index contributed by atoms with van der Waals surface area (Å²) in [6, 6.07) is 3.48. The fraction of sp³-hybridized carbons (Fsp3) is 0.571. The number of rotatable bonds is 3. The van der Waals surface area contributed by atoms with Crippen LogP contribution in [0, 0.1) is 23.0 Å². The van der Waals surface area contributed by atoms with Gasteiger partial charge in [-0.3, -0.25) is 10.1 Å². The van der Waals surface area contributed by atoms with E-state index in [2.05, 4.69) is 5.32 Å². The van der Waals surface area contributed by atoms with Crippen LogP contribution in [0.1, 0.15) is 31.2 Å². The van der Waals surface area contributed by atoms with Gasteiger partial charge in [0.25, 0.3) is 5.69 Å². The summed E-state index contributed by atoms with van der Waals surface area (Å²) < 4.78 is 39.2. The second kappa shape index (κ2) is 5.91. The highest BCUT2D eigenvalue weighted by molar-refractivity contribution is 5.57. The molecule has 21 heavy (non-hydrogen) atoms. The number of anilines is 1. The molecule has 0 bridgehead atoms. The van der Waals surface area contributed by atoms with Crippen molar-refractivity contribution in [3.8, 4) is 0 Å². The van der Waals surface area contributed by atoms with Crippen LogP contribution < -0.4 is 5.32 Å². The lowest BCUT2D eigenvalue weighted by Crippen LogP contribution is -2.41. The predicted octanol–water partition coefficient (Wildman–Crippen LogP) is 4.44. The number of halogens is 3. The number of benzene rings is 1. The molecule has 0 spiro atoms. The molecule has 1 aliphatic carbocycles. The first-order valence-electron chi connectivity index (χ1n) is 6.87. The first kappa shape index (κ1) is 15.6. The van der Waals surface area contributed by atoms with E-state index in [1.54, 1.807) is 13.0 Å². The topological polar surface area (TPSA) is 55.2 Å². The number of hydrogen-bond donors (Lipinski definition) is 1. The van der Waals surface area contributed by atoms with Gasteiger partial charge in [0.2, 0.25) is 0 Å². The summed E-state index contributed by atoms with van der Waals surface area (Å²) in [7, 11) is 0. The molecule has 0 amide bonds. The highest BCUT2D eigenvalue weighted by Gasteiger charge is 2.45. The molecule has 7 heteroatoms. The Morgan fingerprint density at radius 2 is 1.95 bits per heavy atom. The maximum Gasteiger partial charge on any atom is 0.393 e. The Balaban J connectivity index is 2.23. The summed E-state index contributed by atoms with van der Waals surface area (Å²) in [5.74, 6) is -1.40. The zero-order chi connectivity index (χ0) is 15.6. The van der Waals surface area contributed by atoms with Crippen molar-refractivity contribution in [1.29, 1.82) is 0 Å². The molecular formula is C14H17F3N2O2. The molecule has 0 aromatic heterocycles. The Bertz CT molecular complexity index is 531. The molecule has 1 aliphatic rings. The molecule has 2 unspecified atom stereocenters. The Hall–Kier alpha value is -1.79. The van der Waals surface area contributed by atoms with Crippen molar-refractivity contribution in [2.75, 3.05) is 5.32 Å². The van der Waals surface area contributed by atoms with Gasteiger partial charge >= 0.3 is 6.18 Å². The van der Waals surface area contributed by atoms with Crippen LogP contribution in [0.15, 0.2) is 18.2 Å². The number of nitrogens with one attached hydrogen (secondary N) is 1. The minimum absolute atomic E-state index is 0.106. The van der Waals surface area contributed by atoms with Gasteiger partial charge in [0, 0.05) is 23.9 Å². The molecule has 0 aliphatic heterocycles. The molecule has 0 radical (unpaired) electrons. The SMILES string of the molecule is Cc1ccc([N+](=O)[O-])cc1NC1CCCCC1C(F)(F)F. The summed E-state index contributed by atoms with van der Waals surface area (Å²) in [6.07, 6.45) is -2.41. The van der Waals surface area contributed by atoms with Crippen molar-refractivity contribution in [2.45, 2.75) is 44.8 Å². The molecule has 2 atom stereocenters. The van der Waals surface area contributed by atoms with Crippen LogP contribution in [0.4, 0.5) is 24.5 Å². The molecule has 2 rings (SSSR count). The van der Waals surface area contributed by atoms with E-state index in [0.29, 0.717) is 24.1 Å². The average Bonchev–Trinajstić information content (AvgIpc) is 2.40. The number of nitro groups is 1. The van der Waals surface area contributed by atoms with Crippen LogP contribution in [0.25, 0.3) is 0 Å². The molecule has 1 aromatic rings. The minimum Gasteiger partial charge on any atom is -0.381 e. The quantitative estimate of drug-likeness (QED) is 0.663. The van der Waals surface area contributed by atoms with E-state index in [1.165, 1.54) is 12.1 Å². The van der Waals surface area contributed by atoms with Gasteiger partial charge in [-0.05, 0) is 25.3 Å². The van der Waals surface area contributed by atoms with Crippen LogP contribution in [-0.4, -0.2) is 17.1 Å². The van der Waals surface area contributed by atoms with E-state index in [9.17, 15) is 23.3 Å². The fourth-order valence-electron chi connectivity index (χ4n) is 2.77. The maximum absolute atomic E-state index is 13.1. The molecule has 0 saturated heterocycles. The summed E-state index contributed by atoms with van der Waals surface area (Å²) in [4.78, 5) is 10.2. The average molecular weight is 302 g/mol. The Morgan fingerprint density at radius 1 is 1.29 bits per heavy atom. The third kappa shape index (κ3) is 3.65. The number of nitrogens with zero attached hydrogens (tertiary/aromatic N) is 1. The molecule has 0 heterocycles. The lowest BCUT2D eigenvalue weighted by Gasteiger charge is -2.34. The van der Waals surface area contributed by atoms with Crippen molar-refractivity contribution < 1.29 is 18.1 Å². The number of aryl methyl sites for hydroxylation is 1. The first-order chi connectivity index (χ1) is 9.79. The summed E-state index contributed by atoms with van der Waals surface area (Å²) in [6.45, 7) is 1.72. The Morgan fingerprint density at radius 3 is 2.57 bits per heavy atom.